The molecule has 1 heterocycles. The fourth-order valence-electron chi connectivity index (χ4n) is 3.19. The van der Waals surface area contributed by atoms with Crippen LogP contribution >= 0.6 is 0 Å². The lowest BCUT2D eigenvalue weighted by Gasteiger charge is -2.39. The molecule has 1 fully saturated rings. The molecule has 0 aliphatic carbocycles. The molecule has 13 N–H and O–H groups in total. The van der Waals surface area contributed by atoms with Gasteiger partial charge in [0.05, 0.1) is 6.10 Å². The van der Waals surface area contributed by atoms with Gasteiger partial charge in [-0.15, -0.1) is 0 Å². The van der Waals surface area contributed by atoms with Crippen LogP contribution in [0, 0.1) is 0 Å². The highest BCUT2D eigenvalue weighted by atomic mass is 16.7. The molecule has 236 valence electrons. The maximum Gasteiger partial charge on any atom is 0.259 e. The molecule has 0 spiro atoms. The van der Waals surface area contributed by atoms with E-state index in [4.69, 9.17) is 24.1 Å². The lowest BCUT2D eigenvalue weighted by Crippen LogP contribution is -2.57. The van der Waals surface area contributed by atoms with Crippen molar-refractivity contribution in [3.05, 3.63) is 34.4 Å². The van der Waals surface area contributed by atoms with Crippen LogP contribution in [0.4, 0.5) is 0 Å². The lowest BCUT2D eigenvalue weighted by molar-refractivity contribution is -0.284. The Hall–Kier alpha value is -3.08. The van der Waals surface area contributed by atoms with Crippen molar-refractivity contribution < 1.29 is 84.7 Å². The standard InChI is InChI=1S/C22H36N2O17/c1-7-15(30)17(32)18(33)22(39-7)41-11(5-26)14(24-9(3)28)20(36)38-6-12(13(19(34)35)23-8(2)27)40-21(37)16(31)10(29)4-25/h7,15,17-22,25-26,29-37H,4-6H2,1-3H3,(H,23,27)(H,24,28)/b13-12+,14-11+,16-10-. The molecule has 0 aromatic heterocycles. The van der Waals surface area contributed by atoms with Crippen molar-refractivity contribution in [2.45, 2.75) is 70.3 Å². The fraction of sp³-hybridized carbons (Fsp3) is 0.636. The van der Waals surface area contributed by atoms with Crippen molar-refractivity contribution in [2.24, 2.45) is 0 Å². The van der Waals surface area contributed by atoms with Crippen LogP contribution in [0.3, 0.4) is 0 Å². The van der Waals surface area contributed by atoms with Gasteiger partial charge in [-0.1, -0.05) is 0 Å². The van der Waals surface area contributed by atoms with E-state index in [-0.39, 0.29) is 0 Å². The maximum atomic E-state index is 11.8. The van der Waals surface area contributed by atoms with E-state index in [2.05, 4.69) is 5.32 Å². The van der Waals surface area contributed by atoms with Crippen LogP contribution in [0.5, 0.6) is 0 Å². The molecule has 1 aliphatic heterocycles. The van der Waals surface area contributed by atoms with Gasteiger partial charge < -0.3 is 85.8 Å². The molecule has 1 rings (SSSR count). The van der Waals surface area contributed by atoms with Gasteiger partial charge in [-0.3, -0.25) is 9.59 Å². The van der Waals surface area contributed by atoms with Crippen LogP contribution in [0.25, 0.3) is 0 Å². The quantitative estimate of drug-likeness (QED) is 0.0654. The number of hydrogen-bond acceptors (Lipinski definition) is 17. The molecule has 0 aromatic rings. The van der Waals surface area contributed by atoms with Gasteiger partial charge in [-0.05, 0) is 6.92 Å². The van der Waals surface area contributed by atoms with Crippen LogP contribution in [-0.4, -0.2) is 137 Å². The zero-order valence-electron chi connectivity index (χ0n) is 22.1. The van der Waals surface area contributed by atoms with Crippen molar-refractivity contribution in [1.82, 2.24) is 10.6 Å². The third-order valence-electron chi connectivity index (χ3n) is 5.24. The predicted octanol–water partition coefficient (Wildman–Crippen LogP) is -5.18. The summed E-state index contributed by atoms with van der Waals surface area (Å²) in [4.78, 5) is 23.3. The number of amides is 2. The van der Waals surface area contributed by atoms with E-state index in [0.717, 1.165) is 13.8 Å². The molecule has 0 aromatic carbocycles. The molecule has 2 amide bonds. The van der Waals surface area contributed by atoms with Crippen molar-refractivity contribution >= 4 is 11.8 Å². The van der Waals surface area contributed by atoms with E-state index >= 15 is 0 Å². The van der Waals surface area contributed by atoms with E-state index in [1.807, 2.05) is 5.32 Å². The van der Waals surface area contributed by atoms with Crippen LogP contribution in [0.15, 0.2) is 34.4 Å². The molecule has 41 heavy (non-hydrogen) atoms. The SMILES string of the molecule is CC(=O)N/C(=C(\COC(O)/C(NC(C)=O)=C(/CO)OC1OC(C)C(O)C(O)C1O)OC(O)/C(O)=C(/O)CO)C(O)O. The zero-order valence-corrected chi connectivity index (χ0v) is 22.1. The highest BCUT2D eigenvalue weighted by Gasteiger charge is 2.43. The van der Waals surface area contributed by atoms with Crippen LogP contribution in [0.1, 0.15) is 20.8 Å². The Kier molecular flexibility index (Phi) is 14.4. The van der Waals surface area contributed by atoms with Gasteiger partial charge in [0.25, 0.3) is 6.29 Å². The maximum absolute atomic E-state index is 11.8. The Morgan fingerprint density at radius 2 is 1.39 bits per heavy atom. The van der Waals surface area contributed by atoms with Crippen molar-refractivity contribution in [3.8, 4) is 0 Å². The van der Waals surface area contributed by atoms with Gasteiger partial charge in [-0.2, -0.15) is 0 Å². The Morgan fingerprint density at radius 3 is 1.88 bits per heavy atom. The Morgan fingerprint density at radius 1 is 0.829 bits per heavy atom. The molecule has 0 radical (unpaired) electrons. The summed E-state index contributed by atoms with van der Waals surface area (Å²) in [5, 5.41) is 112. The zero-order chi connectivity index (χ0) is 31.6. The molecule has 0 bridgehead atoms. The first-order chi connectivity index (χ1) is 19.0. The van der Waals surface area contributed by atoms with Crippen LogP contribution in [0.2, 0.25) is 0 Å². The van der Waals surface area contributed by atoms with E-state index in [1.165, 1.54) is 6.92 Å². The second-order valence-corrected chi connectivity index (χ2v) is 8.49. The Balaban J connectivity index is 3.40. The minimum absolute atomic E-state index is 0.670. The minimum Gasteiger partial charge on any atom is -0.506 e. The number of nitrogens with one attached hydrogen (secondary N) is 2. The average molecular weight is 601 g/mol. The largest absolute Gasteiger partial charge is 0.506 e. The third-order valence-corrected chi connectivity index (χ3v) is 5.24. The highest BCUT2D eigenvalue weighted by molar-refractivity contribution is 5.75. The van der Waals surface area contributed by atoms with E-state index < -0.39 is 116 Å². The summed E-state index contributed by atoms with van der Waals surface area (Å²) in [6.45, 7) is -0.0275. The summed E-state index contributed by atoms with van der Waals surface area (Å²) in [6, 6.07) is 0. The molecule has 7 unspecified atom stereocenters. The lowest BCUT2D eigenvalue weighted by atomic mass is 10.00. The summed E-state index contributed by atoms with van der Waals surface area (Å²) in [5.41, 5.74) is -1.57. The minimum atomic E-state index is -2.50. The molecular formula is C22H36N2O17. The van der Waals surface area contributed by atoms with Gasteiger partial charge in [0.2, 0.25) is 23.9 Å². The summed E-state index contributed by atoms with van der Waals surface area (Å²) in [6.07, 6.45) is -15.1. The Labute approximate surface area is 232 Å². The van der Waals surface area contributed by atoms with Gasteiger partial charge in [0.1, 0.15) is 55.3 Å². The van der Waals surface area contributed by atoms with Gasteiger partial charge >= 0.3 is 0 Å². The van der Waals surface area contributed by atoms with Crippen LogP contribution in [-0.2, 0) is 28.5 Å². The number of ether oxygens (including phenoxy) is 4. The number of carbonyl (C=O) groups excluding carboxylic acids is 2. The molecule has 7 atom stereocenters. The second kappa shape index (κ2) is 16.4. The summed E-state index contributed by atoms with van der Waals surface area (Å²) in [5.74, 6) is -5.72. The number of rotatable bonds is 14. The highest BCUT2D eigenvalue weighted by Crippen LogP contribution is 2.25. The predicted molar refractivity (Wildman–Crippen MR) is 129 cm³/mol. The normalized spacial score (nSPS) is 26.2. The third kappa shape index (κ3) is 10.4. The van der Waals surface area contributed by atoms with Gasteiger partial charge in [0.15, 0.2) is 24.1 Å². The first-order valence-electron chi connectivity index (χ1n) is 11.8. The van der Waals surface area contributed by atoms with Crippen molar-refractivity contribution in [1.29, 1.82) is 0 Å². The molecule has 1 saturated heterocycles. The molecule has 19 nitrogen and oxygen atoms in total. The van der Waals surface area contributed by atoms with Crippen LogP contribution < -0.4 is 10.6 Å². The van der Waals surface area contributed by atoms with Gasteiger partial charge in [-0.25, -0.2) is 0 Å². The summed E-state index contributed by atoms with van der Waals surface area (Å²) >= 11 is 0. The number of hydrogen-bond donors (Lipinski definition) is 13. The van der Waals surface area contributed by atoms with E-state index in [1.54, 1.807) is 0 Å². The second-order valence-electron chi connectivity index (χ2n) is 8.49. The smallest absolute Gasteiger partial charge is 0.259 e. The monoisotopic (exact) mass is 600 g/mol. The molecule has 1 aliphatic rings. The number of aliphatic hydroxyl groups is 11. The molecule has 0 saturated carbocycles. The number of aliphatic hydroxyl groups excluding tert-OH is 10. The van der Waals surface area contributed by atoms with E-state index in [0.29, 0.717) is 0 Å². The Bertz CT molecular complexity index is 997. The van der Waals surface area contributed by atoms with Crippen molar-refractivity contribution in [2.75, 3.05) is 19.8 Å². The molecule has 19 heteroatoms. The summed E-state index contributed by atoms with van der Waals surface area (Å²) in [7, 11) is 0. The first kappa shape index (κ1) is 35.9. The van der Waals surface area contributed by atoms with Gasteiger partial charge in [0, 0.05) is 13.8 Å². The van der Waals surface area contributed by atoms with Crippen molar-refractivity contribution in [3.63, 3.8) is 0 Å². The van der Waals surface area contributed by atoms with E-state index in [9.17, 15) is 60.7 Å². The average Bonchev–Trinajstić information content (AvgIpc) is 2.91. The number of carbonyl (C=O) groups is 2. The summed E-state index contributed by atoms with van der Waals surface area (Å²) < 4.78 is 20.6. The fourth-order valence-corrected chi connectivity index (χ4v) is 3.19. The molecular weight excluding hydrogens is 564 g/mol. The topological polar surface area (TPSA) is 318 Å². The first-order valence-corrected chi connectivity index (χ1v) is 11.8.